The summed E-state index contributed by atoms with van der Waals surface area (Å²) in [6.45, 7) is 11.7. The van der Waals surface area contributed by atoms with Gasteiger partial charge in [0.15, 0.2) is 12.2 Å². The van der Waals surface area contributed by atoms with Crippen molar-refractivity contribution in [2.75, 3.05) is 19.8 Å². The third kappa shape index (κ3) is 20.4. The SMILES string of the molecule is CCCCCCCCCCCCCCCCCCNC(=O)OCC(COP(O)Oc1cccc(C[n+]2csc(C)c2C)c1)OC(C)C. The number of rotatable bonds is 28. The van der Waals surface area contributed by atoms with Gasteiger partial charge in [-0.25, -0.2) is 4.79 Å². The number of carbonyl (C=O) groups excluding carboxylic acids is 1. The summed E-state index contributed by atoms with van der Waals surface area (Å²) in [6.07, 6.45) is 20.1. The standard InChI is InChI=1S/C37H63N2O6PS/c1-6-7-8-9-10-11-12-13-14-15-16-17-18-19-20-21-25-38-37(40)42-28-36(44-31(2)3)29-43-46(41)45-35-24-22-23-34(26-35)27-39-30-47-33(5)32(39)4/h22-24,26,30-31,36,41H,6-21,25,27-29H2,1-5H3/p+1. The van der Waals surface area contributed by atoms with Crippen LogP contribution in [-0.4, -0.2) is 43.0 Å². The number of nitrogens with zero attached hydrogens (tertiary/aromatic N) is 1. The molecule has 0 spiro atoms. The van der Waals surface area contributed by atoms with Crippen LogP contribution in [0.4, 0.5) is 4.79 Å². The second kappa shape index (κ2) is 26.1. The van der Waals surface area contributed by atoms with Crippen molar-refractivity contribution in [1.29, 1.82) is 0 Å². The number of hydrogen-bond acceptors (Lipinski definition) is 7. The average molecular weight is 696 g/mol. The highest BCUT2D eigenvalue weighted by Crippen LogP contribution is 2.35. The predicted octanol–water partition coefficient (Wildman–Crippen LogP) is 10.1. The van der Waals surface area contributed by atoms with E-state index in [2.05, 4.69) is 36.2 Å². The predicted molar refractivity (Wildman–Crippen MR) is 194 cm³/mol. The summed E-state index contributed by atoms with van der Waals surface area (Å²) in [5.41, 5.74) is 4.41. The van der Waals surface area contributed by atoms with E-state index in [4.69, 9.17) is 18.5 Å². The molecule has 1 heterocycles. The van der Waals surface area contributed by atoms with Gasteiger partial charge in [-0.3, -0.25) is 4.52 Å². The summed E-state index contributed by atoms with van der Waals surface area (Å²) >= 11 is 1.72. The fourth-order valence-electron chi connectivity index (χ4n) is 5.42. The summed E-state index contributed by atoms with van der Waals surface area (Å²) in [6, 6.07) is 7.63. The lowest BCUT2D eigenvalue weighted by atomic mass is 10.0. The highest BCUT2D eigenvalue weighted by molar-refractivity contribution is 7.41. The first-order chi connectivity index (χ1) is 22.8. The van der Waals surface area contributed by atoms with E-state index < -0.39 is 20.8 Å². The van der Waals surface area contributed by atoms with E-state index in [9.17, 15) is 9.69 Å². The first-order valence-corrected chi connectivity index (χ1v) is 20.2. The van der Waals surface area contributed by atoms with E-state index in [-0.39, 0.29) is 19.3 Å². The lowest BCUT2D eigenvalue weighted by Gasteiger charge is -2.21. The first-order valence-electron chi connectivity index (χ1n) is 18.2. The molecule has 0 saturated carbocycles. The molecule has 1 aromatic carbocycles. The Balaban J connectivity index is 1.52. The number of nitrogens with one attached hydrogen (secondary N) is 1. The van der Waals surface area contributed by atoms with Crippen molar-refractivity contribution < 1.29 is 32.8 Å². The monoisotopic (exact) mass is 695 g/mol. The molecule has 47 heavy (non-hydrogen) atoms. The van der Waals surface area contributed by atoms with Crippen molar-refractivity contribution in [2.45, 2.75) is 156 Å². The highest BCUT2D eigenvalue weighted by atomic mass is 32.1. The molecule has 0 radical (unpaired) electrons. The van der Waals surface area contributed by atoms with Crippen molar-refractivity contribution in [3.63, 3.8) is 0 Å². The van der Waals surface area contributed by atoms with Crippen molar-refractivity contribution in [2.24, 2.45) is 0 Å². The number of benzene rings is 1. The molecule has 2 atom stereocenters. The maximum atomic E-state index is 12.3. The fourth-order valence-corrected chi connectivity index (χ4v) is 6.87. The zero-order chi connectivity index (χ0) is 34.1. The molecule has 2 rings (SSSR count). The molecule has 2 aromatic rings. The molecule has 8 nitrogen and oxygen atoms in total. The maximum absolute atomic E-state index is 12.3. The Morgan fingerprint density at radius 3 is 2.04 bits per heavy atom. The van der Waals surface area contributed by atoms with Crippen LogP contribution < -0.4 is 14.4 Å². The molecule has 0 bridgehead atoms. The molecule has 0 saturated heterocycles. The lowest BCUT2D eigenvalue weighted by Crippen LogP contribution is -2.34. The van der Waals surface area contributed by atoms with E-state index in [1.54, 1.807) is 17.4 Å². The van der Waals surface area contributed by atoms with Crippen LogP contribution in [0.15, 0.2) is 29.8 Å². The number of ether oxygens (including phenoxy) is 2. The van der Waals surface area contributed by atoms with Crippen LogP contribution in [0.3, 0.4) is 0 Å². The summed E-state index contributed by atoms with van der Waals surface area (Å²) in [4.78, 5) is 24.0. The minimum absolute atomic E-state index is 0.0261. The Labute approximate surface area is 290 Å². The Hall–Kier alpha value is -1.77. The number of thiazole rings is 1. The molecule has 2 unspecified atom stereocenters. The molecule has 268 valence electrons. The Morgan fingerprint density at radius 1 is 0.894 bits per heavy atom. The van der Waals surface area contributed by atoms with Gasteiger partial charge in [-0.1, -0.05) is 127 Å². The summed E-state index contributed by atoms with van der Waals surface area (Å²) in [5.74, 6) is 0.535. The van der Waals surface area contributed by atoms with E-state index in [0.717, 1.165) is 24.9 Å². The average Bonchev–Trinajstić information content (AvgIpc) is 3.35. The van der Waals surface area contributed by atoms with Crippen LogP contribution in [0.2, 0.25) is 0 Å². The zero-order valence-electron chi connectivity index (χ0n) is 30.0. The van der Waals surface area contributed by atoms with Gasteiger partial charge < -0.3 is 24.2 Å². The van der Waals surface area contributed by atoms with Crippen LogP contribution in [0.25, 0.3) is 0 Å². The minimum Gasteiger partial charge on any atom is -0.447 e. The fraction of sp³-hybridized carbons (Fsp3) is 0.730. The summed E-state index contributed by atoms with van der Waals surface area (Å²) in [5, 5.41) is 2.84. The van der Waals surface area contributed by atoms with Crippen molar-refractivity contribution in [1.82, 2.24) is 5.32 Å². The second-order valence-corrected chi connectivity index (χ2v) is 14.9. The third-order valence-electron chi connectivity index (χ3n) is 8.27. The number of aryl methyl sites for hydroxylation is 1. The second-order valence-electron chi connectivity index (χ2n) is 12.9. The van der Waals surface area contributed by atoms with Gasteiger partial charge in [-0.2, -0.15) is 4.57 Å². The smallest absolute Gasteiger partial charge is 0.407 e. The van der Waals surface area contributed by atoms with Gasteiger partial charge in [0, 0.05) is 19.0 Å². The number of amides is 1. The third-order valence-corrected chi connectivity index (χ3v) is 10.0. The Kier molecular flexibility index (Phi) is 23.0. The molecule has 1 aromatic heterocycles. The molecular weight excluding hydrogens is 631 g/mol. The first kappa shape index (κ1) is 41.4. The molecule has 0 aliphatic heterocycles. The van der Waals surface area contributed by atoms with Crippen molar-refractivity contribution >= 4 is 26.0 Å². The van der Waals surface area contributed by atoms with Gasteiger partial charge in [0.2, 0.25) is 5.51 Å². The van der Waals surface area contributed by atoms with Gasteiger partial charge in [-0.15, -0.1) is 0 Å². The van der Waals surface area contributed by atoms with Crippen LogP contribution >= 0.6 is 19.9 Å². The molecule has 2 N–H and O–H groups in total. The molecule has 0 fully saturated rings. The maximum Gasteiger partial charge on any atom is 0.407 e. The van der Waals surface area contributed by atoms with Crippen LogP contribution in [-0.2, 0) is 20.5 Å². The van der Waals surface area contributed by atoms with Gasteiger partial charge in [0.1, 0.15) is 18.5 Å². The number of unbranched alkanes of at least 4 members (excludes halogenated alkanes) is 15. The topological polar surface area (TPSA) is 90.1 Å². The highest BCUT2D eigenvalue weighted by Gasteiger charge is 2.19. The van der Waals surface area contributed by atoms with E-state index in [0.29, 0.717) is 12.3 Å². The van der Waals surface area contributed by atoms with Gasteiger partial charge in [0.05, 0.1) is 17.6 Å². The van der Waals surface area contributed by atoms with Crippen LogP contribution in [0, 0.1) is 13.8 Å². The van der Waals surface area contributed by atoms with Crippen molar-refractivity contribution in [3.8, 4) is 5.75 Å². The van der Waals surface area contributed by atoms with Gasteiger partial charge in [-0.05, 0) is 39.3 Å². The summed E-state index contributed by atoms with van der Waals surface area (Å²) in [7, 11) is -2.18. The minimum atomic E-state index is -2.18. The largest absolute Gasteiger partial charge is 0.447 e. The normalized spacial score (nSPS) is 12.7. The van der Waals surface area contributed by atoms with Gasteiger partial charge >= 0.3 is 14.7 Å². The number of hydrogen-bond donors (Lipinski definition) is 2. The zero-order valence-corrected chi connectivity index (χ0v) is 31.7. The Bertz CT molecular complexity index is 1080. The number of aromatic nitrogens is 1. The lowest BCUT2D eigenvalue weighted by molar-refractivity contribution is -0.689. The quantitative estimate of drug-likeness (QED) is 0.0523. The number of carbonyl (C=O) groups is 1. The van der Waals surface area contributed by atoms with Crippen LogP contribution in [0.5, 0.6) is 5.75 Å². The Morgan fingerprint density at radius 2 is 1.49 bits per heavy atom. The van der Waals surface area contributed by atoms with E-state index >= 15 is 0 Å². The van der Waals surface area contributed by atoms with E-state index in [1.807, 2.05) is 32.0 Å². The molecule has 0 aliphatic carbocycles. The molecular formula is C37H64N2O6PS+. The van der Waals surface area contributed by atoms with Gasteiger partial charge in [0.25, 0.3) is 0 Å². The molecule has 10 heteroatoms. The number of alkyl carbamates (subject to hydrolysis) is 1. The molecule has 1 amide bonds. The van der Waals surface area contributed by atoms with Crippen molar-refractivity contribution in [3.05, 3.63) is 45.9 Å². The molecule has 0 aliphatic rings. The van der Waals surface area contributed by atoms with E-state index in [1.165, 1.54) is 100 Å². The summed E-state index contributed by atoms with van der Waals surface area (Å²) < 4.78 is 24.7. The van der Waals surface area contributed by atoms with Crippen LogP contribution in [0.1, 0.15) is 140 Å².